The third-order valence-electron chi connectivity index (χ3n) is 12.5. The number of aromatic amines is 1. The van der Waals surface area contributed by atoms with Gasteiger partial charge in [-0.3, -0.25) is 0 Å². The molecule has 56 heavy (non-hydrogen) atoms. The number of rotatable bonds is 0. The maximum Gasteiger partial charge on any atom is 0.0733 e. The van der Waals surface area contributed by atoms with Crippen LogP contribution in [0.25, 0.3) is 78.0 Å². The van der Waals surface area contributed by atoms with Crippen LogP contribution in [0.1, 0.15) is 128 Å². The molecule has 0 spiro atoms. The molecule has 0 saturated heterocycles. The lowest BCUT2D eigenvalue weighted by atomic mass is 9.81. The maximum absolute atomic E-state index is 5.68. The number of hydrogen-bond acceptors (Lipinski definition) is 2. The zero-order valence-electron chi connectivity index (χ0n) is 36.0. The lowest BCUT2D eigenvalue weighted by Gasteiger charge is -2.24. The van der Waals surface area contributed by atoms with Crippen LogP contribution in [-0.2, 0) is 28.1 Å². The van der Waals surface area contributed by atoms with Crippen LogP contribution in [0.3, 0.4) is 0 Å². The van der Waals surface area contributed by atoms with Gasteiger partial charge in [0.25, 0.3) is 0 Å². The van der Waals surface area contributed by atoms with Crippen molar-refractivity contribution in [3.8, 4) is 56.2 Å². The molecule has 3 nitrogen and oxygen atoms in total. The van der Waals surface area contributed by atoms with E-state index in [4.69, 9.17) is 9.97 Å². The summed E-state index contributed by atoms with van der Waals surface area (Å²) >= 11 is 0. The Bertz CT molecular complexity index is 2620. The Kier molecular flexibility index (Phi) is 7.69. The van der Waals surface area contributed by atoms with Crippen molar-refractivity contribution in [2.45, 2.75) is 125 Å². The Morgan fingerprint density at radius 2 is 0.661 bits per heavy atom. The van der Waals surface area contributed by atoms with Gasteiger partial charge in [-0.2, -0.15) is 0 Å². The van der Waals surface area contributed by atoms with Crippen molar-refractivity contribution in [3.63, 3.8) is 0 Å². The summed E-state index contributed by atoms with van der Waals surface area (Å²) < 4.78 is 0. The number of nitrogens with zero attached hydrogens (tertiary/aromatic N) is 2. The SMILES string of the molecule is Cc1cc2nc(c1)-c1cc(C(C)(C)C)cc3c1[nH]c1c(cc(C(C)(C)C)cc13)-c1cc(C)cc(n1)-c1cc(C(C)(C)C)cc3c1Cc1c-2cc(C(C)(C)C)cc1-3. The smallest absolute Gasteiger partial charge is 0.0733 e. The summed E-state index contributed by atoms with van der Waals surface area (Å²) in [4.78, 5) is 15.4. The van der Waals surface area contributed by atoms with Gasteiger partial charge >= 0.3 is 0 Å². The van der Waals surface area contributed by atoms with Crippen molar-refractivity contribution < 1.29 is 0 Å². The van der Waals surface area contributed by atoms with Gasteiger partial charge in [0.2, 0.25) is 0 Å². The van der Waals surface area contributed by atoms with Crippen molar-refractivity contribution >= 4 is 21.8 Å². The first-order chi connectivity index (χ1) is 26.0. The third kappa shape index (κ3) is 5.84. The molecule has 4 aromatic carbocycles. The van der Waals surface area contributed by atoms with Crippen molar-refractivity contribution in [2.24, 2.45) is 0 Å². The average molecular weight is 736 g/mol. The fourth-order valence-corrected chi connectivity index (χ4v) is 8.97. The lowest BCUT2D eigenvalue weighted by Crippen LogP contribution is -2.12. The van der Waals surface area contributed by atoms with E-state index < -0.39 is 0 Å². The van der Waals surface area contributed by atoms with Crippen LogP contribution in [0.2, 0.25) is 0 Å². The summed E-state index contributed by atoms with van der Waals surface area (Å²) in [5.74, 6) is 0. The Labute approximate surface area is 334 Å². The van der Waals surface area contributed by atoms with Crippen molar-refractivity contribution in [1.29, 1.82) is 0 Å². The third-order valence-corrected chi connectivity index (χ3v) is 12.5. The Morgan fingerprint density at radius 3 is 1.00 bits per heavy atom. The molecule has 0 amide bonds. The highest BCUT2D eigenvalue weighted by Gasteiger charge is 2.32. The van der Waals surface area contributed by atoms with Crippen molar-refractivity contribution in [1.82, 2.24) is 15.0 Å². The van der Waals surface area contributed by atoms with Crippen molar-refractivity contribution in [2.75, 3.05) is 0 Å². The van der Waals surface area contributed by atoms with Gasteiger partial charge in [-0.25, -0.2) is 9.97 Å². The van der Waals surface area contributed by atoms with Gasteiger partial charge in [-0.1, -0.05) is 95.2 Å². The van der Waals surface area contributed by atoms with E-state index in [-0.39, 0.29) is 21.7 Å². The van der Waals surface area contributed by atoms with Gasteiger partial charge in [-0.05, 0) is 152 Å². The monoisotopic (exact) mass is 735 g/mol. The number of fused-ring (bicyclic) bond motifs is 10. The van der Waals surface area contributed by atoms with Gasteiger partial charge in [0.1, 0.15) is 0 Å². The maximum atomic E-state index is 5.68. The molecular weight excluding hydrogens is 679 g/mol. The number of aromatic nitrogens is 3. The summed E-state index contributed by atoms with van der Waals surface area (Å²) in [5.41, 5.74) is 24.0. The molecule has 0 fully saturated rings. The highest BCUT2D eigenvalue weighted by Crippen LogP contribution is 2.50. The van der Waals surface area contributed by atoms with Gasteiger partial charge < -0.3 is 4.98 Å². The summed E-state index contributed by atoms with van der Waals surface area (Å²) in [6.07, 6.45) is 0.839. The molecule has 7 aromatic rings. The molecule has 0 unspecified atom stereocenters. The predicted octanol–water partition coefficient (Wildman–Crippen LogP) is 14.5. The summed E-state index contributed by atoms with van der Waals surface area (Å²) in [7, 11) is 0. The normalized spacial score (nSPS) is 13.8. The number of benzene rings is 4. The largest absolute Gasteiger partial charge is 0.353 e. The van der Waals surface area contributed by atoms with E-state index in [1.54, 1.807) is 0 Å². The first-order valence-electron chi connectivity index (χ1n) is 20.5. The Balaban J connectivity index is 1.52. The average Bonchev–Trinajstić information content (AvgIpc) is 3.66. The second-order valence-electron chi connectivity index (χ2n) is 21.1. The first-order valence-corrected chi connectivity index (χ1v) is 20.5. The number of nitrogens with one attached hydrogen (secondary N) is 1. The summed E-state index contributed by atoms with van der Waals surface area (Å²) in [5, 5.41) is 2.47. The molecule has 1 N–H and O–H groups in total. The second-order valence-corrected chi connectivity index (χ2v) is 21.1. The molecule has 9 rings (SSSR count). The fraction of sp³-hybridized carbons (Fsp3) is 0.358. The predicted molar refractivity (Wildman–Crippen MR) is 239 cm³/mol. The molecule has 284 valence electrons. The molecule has 1 aliphatic carbocycles. The fourth-order valence-electron chi connectivity index (χ4n) is 8.97. The van der Waals surface area contributed by atoms with E-state index in [0.717, 1.165) is 51.4 Å². The molecule has 0 radical (unpaired) electrons. The van der Waals surface area contributed by atoms with E-state index in [1.807, 2.05) is 0 Å². The van der Waals surface area contributed by atoms with E-state index in [0.29, 0.717) is 0 Å². The van der Waals surface area contributed by atoms with Crippen LogP contribution in [0.5, 0.6) is 0 Å². The standard InChI is InChI=1S/C53H57N3/c1-28-15-44-38-21-30(50(3,4)5)19-34-35-20-31(51(6,7)8)22-39(37(35)27-36(34)38)45-16-29(2)18-47(55-45)43-26-33(53(12,13)14)24-41-40-23-32(52(9,10)11)25-42(46(17-28)54-44)48(40)56-49(41)43/h15-26,56H,27H2,1-14H3. The molecule has 3 heteroatoms. The molecule has 8 bridgehead atoms. The molecule has 0 atom stereocenters. The van der Waals surface area contributed by atoms with Crippen LogP contribution >= 0.6 is 0 Å². The van der Waals surface area contributed by atoms with E-state index >= 15 is 0 Å². The van der Waals surface area contributed by atoms with Crippen LogP contribution in [0.15, 0.2) is 72.8 Å². The summed E-state index contributed by atoms with van der Waals surface area (Å²) in [6, 6.07) is 28.7. The number of aryl methyl sites for hydroxylation is 2. The Morgan fingerprint density at radius 1 is 0.375 bits per heavy atom. The zero-order valence-corrected chi connectivity index (χ0v) is 36.0. The van der Waals surface area contributed by atoms with Gasteiger partial charge in [0, 0.05) is 39.4 Å². The van der Waals surface area contributed by atoms with Crippen LogP contribution in [0, 0.1) is 13.8 Å². The zero-order chi connectivity index (χ0) is 40.0. The van der Waals surface area contributed by atoms with E-state index in [2.05, 4.69) is 175 Å². The topological polar surface area (TPSA) is 41.6 Å². The molecule has 4 heterocycles. The van der Waals surface area contributed by atoms with Crippen LogP contribution < -0.4 is 0 Å². The molecule has 0 saturated carbocycles. The van der Waals surface area contributed by atoms with Crippen molar-refractivity contribution in [3.05, 3.63) is 117 Å². The van der Waals surface area contributed by atoms with Crippen LogP contribution in [-0.4, -0.2) is 15.0 Å². The highest BCUT2D eigenvalue weighted by molar-refractivity contribution is 6.16. The quantitative estimate of drug-likeness (QED) is 0.168. The molecule has 3 aromatic heterocycles. The van der Waals surface area contributed by atoms with Gasteiger partial charge in [0.15, 0.2) is 0 Å². The lowest BCUT2D eigenvalue weighted by molar-refractivity contribution is 0.589. The minimum atomic E-state index is -0.0638. The number of pyridine rings is 2. The van der Waals surface area contributed by atoms with E-state index in [1.165, 1.54) is 77.5 Å². The molecular formula is C53H57N3. The summed E-state index contributed by atoms with van der Waals surface area (Å²) in [6.45, 7) is 32.4. The number of H-pyrrole nitrogens is 1. The first kappa shape index (κ1) is 36.6. The second kappa shape index (κ2) is 11.8. The van der Waals surface area contributed by atoms with Crippen LogP contribution in [0.4, 0.5) is 0 Å². The minimum Gasteiger partial charge on any atom is -0.353 e. The van der Waals surface area contributed by atoms with E-state index in [9.17, 15) is 0 Å². The Hall–Kier alpha value is -5.02. The molecule has 2 aliphatic rings. The van der Waals surface area contributed by atoms with Gasteiger partial charge in [-0.15, -0.1) is 0 Å². The van der Waals surface area contributed by atoms with Gasteiger partial charge in [0.05, 0.1) is 33.8 Å². The highest BCUT2D eigenvalue weighted by atomic mass is 14.8. The molecule has 1 aliphatic heterocycles. The minimum absolute atomic E-state index is 0.0460. The number of hydrogen-bond donors (Lipinski definition) is 1.